The molecule has 0 spiro atoms. The average Bonchev–Trinajstić information content (AvgIpc) is 3.10. The van der Waals surface area contributed by atoms with Gasteiger partial charge in [0.15, 0.2) is 6.29 Å². The molecular weight excluding hydrogens is 271 g/mol. The Morgan fingerprint density at radius 2 is 2.17 bits per heavy atom. The summed E-state index contributed by atoms with van der Waals surface area (Å²) in [5.74, 6) is 0. The fourth-order valence-electron chi connectivity index (χ4n) is 1.91. The van der Waals surface area contributed by atoms with Crippen LogP contribution < -0.4 is 0 Å². The van der Waals surface area contributed by atoms with Gasteiger partial charge in [-0.05, 0) is 26.7 Å². The van der Waals surface area contributed by atoms with Crippen LogP contribution in [0.4, 0.5) is 0 Å². The first kappa shape index (κ1) is 13.4. The molecule has 1 aliphatic carbocycles. The van der Waals surface area contributed by atoms with E-state index in [0.29, 0.717) is 32.9 Å². The number of rotatable bonds is 4. The number of carbonyl (C=O) groups excluding carboxylic acids is 1. The Bertz CT molecular complexity index is 535. The van der Waals surface area contributed by atoms with Crippen LogP contribution in [0.3, 0.4) is 0 Å². The molecule has 0 atom stereocenters. The second-order valence-electron chi connectivity index (χ2n) is 4.28. The van der Waals surface area contributed by atoms with Gasteiger partial charge in [-0.3, -0.25) is 9.48 Å². The molecule has 1 saturated carbocycles. The highest BCUT2D eigenvalue weighted by atomic mass is 35.5. The maximum atomic E-state index is 11.3. The zero-order chi connectivity index (χ0) is 13.3. The fourth-order valence-corrected chi connectivity index (χ4v) is 2.41. The Kier molecular flexibility index (Phi) is 3.93. The lowest BCUT2D eigenvalue weighted by Gasteiger charge is -2.07. The Morgan fingerprint density at radius 3 is 2.61 bits per heavy atom. The number of nitrogens with zero attached hydrogens (tertiary/aromatic N) is 2. The number of carbonyl (C=O) groups is 1. The molecule has 1 fully saturated rings. The molecule has 0 N–H and O–H groups in total. The third-order valence-corrected chi connectivity index (χ3v) is 3.54. The van der Waals surface area contributed by atoms with Gasteiger partial charge >= 0.3 is 0 Å². The molecule has 0 saturated heterocycles. The van der Waals surface area contributed by atoms with Crippen LogP contribution in [0.15, 0.2) is 22.3 Å². The first-order valence-electron chi connectivity index (χ1n) is 5.81. The van der Waals surface area contributed by atoms with Gasteiger partial charge in [0.1, 0.15) is 5.69 Å². The van der Waals surface area contributed by atoms with E-state index in [1.54, 1.807) is 23.9 Å². The molecule has 1 aromatic rings. The van der Waals surface area contributed by atoms with Crippen molar-refractivity contribution in [3.63, 3.8) is 0 Å². The number of aldehydes is 1. The molecule has 0 unspecified atom stereocenters. The number of allylic oxidation sites excluding steroid dienone is 4. The van der Waals surface area contributed by atoms with E-state index in [9.17, 15) is 4.79 Å². The van der Waals surface area contributed by atoms with Crippen LogP contribution in [-0.2, 0) is 0 Å². The Morgan fingerprint density at radius 1 is 1.50 bits per heavy atom. The van der Waals surface area contributed by atoms with Crippen molar-refractivity contribution >= 4 is 35.1 Å². The van der Waals surface area contributed by atoms with Crippen molar-refractivity contribution in [1.29, 1.82) is 0 Å². The van der Waals surface area contributed by atoms with Crippen molar-refractivity contribution in [1.82, 2.24) is 9.78 Å². The maximum Gasteiger partial charge on any atom is 0.168 e. The average molecular weight is 285 g/mol. The highest BCUT2D eigenvalue weighted by Gasteiger charge is 2.29. The Hall–Kier alpha value is -1.06. The van der Waals surface area contributed by atoms with E-state index < -0.39 is 0 Å². The zero-order valence-corrected chi connectivity index (χ0v) is 11.8. The van der Waals surface area contributed by atoms with Crippen LogP contribution in [-0.4, -0.2) is 16.1 Å². The lowest BCUT2D eigenvalue weighted by Crippen LogP contribution is -2.03. The smallest absolute Gasteiger partial charge is 0.168 e. The first-order chi connectivity index (χ1) is 8.60. The predicted molar refractivity (Wildman–Crippen MR) is 73.9 cm³/mol. The third-order valence-electron chi connectivity index (χ3n) is 2.94. The SMILES string of the molecule is C/C=C(Cl)\C(=C(/C)Cl)c1cnn(C2CC2)c1C=O. The molecule has 1 aromatic heterocycles. The topological polar surface area (TPSA) is 34.9 Å². The highest BCUT2D eigenvalue weighted by Crippen LogP contribution is 2.38. The number of aromatic nitrogens is 2. The summed E-state index contributed by atoms with van der Waals surface area (Å²) in [6.07, 6.45) is 6.37. The molecule has 0 amide bonds. The molecule has 1 heterocycles. The van der Waals surface area contributed by atoms with Gasteiger partial charge in [0, 0.05) is 21.2 Å². The molecule has 18 heavy (non-hydrogen) atoms. The van der Waals surface area contributed by atoms with Crippen molar-refractivity contribution in [3.05, 3.63) is 33.6 Å². The maximum absolute atomic E-state index is 11.3. The van der Waals surface area contributed by atoms with Gasteiger partial charge in [-0.2, -0.15) is 5.10 Å². The van der Waals surface area contributed by atoms with Crippen LogP contribution in [0.1, 0.15) is 48.8 Å². The number of halogens is 2. The van der Waals surface area contributed by atoms with Crippen LogP contribution in [0.5, 0.6) is 0 Å². The van der Waals surface area contributed by atoms with Gasteiger partial charge in [0.25, 0.3) is 0 Å². The quantitative estimate of drug-likeness (QED) is 0.615. The molecule has 2 rings (SSSR count). The van der Waals surface area contributed by atoms with E-state index in [1.807, 2.05) is 6.92 Å². The molecule has 0 bridgehead atoms. The van der Waals surface area contributed by atoms with E-state index in [1.165, 1.54) is 0 Å². The van der Waals surface area contributed by atoms with E-state index in [4.69, 9.17) is 23.2 Å². The van der Waals surface area contributed by atoms with E-state index >= 15 is 0 Å². The van der Waals surface area contributed by atoms with Crippen LogP contribution in [0, 0.1) is 0 Å². The molecular formula is C13H14Cl2N2O. The lowest BCUT2D eigenvalue weighted by atomic mass is 10.1. The van der Waals surface area contributed by atoms with Crippen molar-refractivity contribution in [2.24, 2.45) is 0 Å². The predicted octanol–water partition coefficient (Wildman–Crippen LogP) is 4.14. The van der Waals surface area contributed by atoms with Crippen LogP contribution >= 0.6 is 23.2 Å². The Labute approximate surface area is 116 Å². The van der Waals surface area contributed by atoms with Gasteiger partial charge in [-0.15, -0.1) is 0 Å². The second-order valence-corrected chi connectivity index (χ2v) is 5.26. The minimum Gasteiger partial charge on any atom is -0.296 e. The van der Waals surface area contributed by atoms with Gasteiger partial charge in [0.05, 0.1) is 12.2 Å². The summed E-state index contributed by atoms with van der Waals surface area (Å²) in [6.45, 7) is 3.58. The van der Waals surface area contributed by atoms with Gasteiger partial charge in [0.2, 0.25) is 0 Å². The van der Waals surface area contributed by atoms with Gasteiger partial charge in [-0.25, -0.2) is 0 Å². The monoisotopic (exact) mass is 284 g/mol. The van der Waals surface area contributed by atoms with Gasteiger partial charge in [-0.1, -0.05) is 29.3 Å². The lowest BCUT2D eigenvalue weighted by molar-refractivity contribution is 0.111. The number of hydrogen-bond donors (Lipinski definition) is 0. The molecule has 0 aliphatic heterocycles. The summed E-state index contributed by atoms with van der Waals surface area (Å²) in [4.78, 5) is 11.3. The summed E-state index contributed by atoms with van der Waals surface area (Å²) in [5, 5.41) is 5.36. The summed E-state index contributed by atoms with van der Waals surface area (Å²) < 4.78 is 1.77. The molecule has 0 radical (unpaired) electrons. The second kappa shape index (κ2) is 5.29. The summed E-state index contributed by atoms with van der Waals surface area (Å²) in [5.41, 5.74) is 1.93. The first-order valence-corrected chi connectivity index (χ1v) is 6.57. The Balaban J connectivity index is 2.56. The highest BCUT2D eigenvalue weighted by molar-refractivity contribution is 6.42. The van der Waals surface area contributed by atoms with Crippen LogP contribution in [0.25, 0.3) is 5.57 Å². The normalized spacial score (nSPS) is 17.7. The van der Waals surface area contributed by atoms with Crippen molar-refractivity contribution in [2.75, 3.05) is 0 Å². The molecule has 5 heteroatoms. The van der Waals surface area contributed by atoms with E-state index in [0.717, 1.165) is 19.1 Å². The minimum absolute atomic E-state index is 0.347. The molecule has 1 aliphatic rings. The van der Waals surface area contributed by atoms with Crippen molar-refractivity contribution < 1.29 is 4.79 Å². The largest absolute Gasteiger partial charge is 0.296 e. The standard InChI is InChI=1S/C13H14Cl2N2O/c1-3-11(15)13(8(2)14)10-6-16-17(9-4-5-9)12(10)7-18/h3,6-7,9H,4-5H2,1-2H3/b11-3+,13-8+. The fraction of sp³-hybridized carbons (Fsp3) is 0.385. The van der Waals surface area contributed by atoms with Crippen molar-refractivity contribution in [2.45, 2.75) is 32.7 Å². The zero-order valence-electron chi connectivity index (χ0n) is 10.3. The van der Waals surface area contributed by atoms with E-state index in [2.05, 4.69) is 5.10 Å². The third kappa shape index (κ3) is 2.38. The molecule has 0 aromatic carbocycles. The van der Waals surface area contributed by atoms with Gasteiger partial charge < -0.3 is 0 Å². The summed E-state index contributed by atoms with van der Waals surface area (Å²) >= 11 is 12.2. The van der Waals surface area contributed by atoms with E-state index in [-0.39, 0.29) is 0 Å². The summed E-state index contributed by atoms with van der Waals surface area (Å²) in [7, 11) is 0. The molecule has 3 nitrogen and oxygen atoms in total. The van der Waals surface area contributed by atoms with Crippen molar-refractivity contribution in [3.8, 4) is 0 Å². The molecule has 96 valence electrons. The minimum atomic E-state index is 0.347. The van der Waals surface area contributed by atoms with Crippen LogP contribution in [0.2, 0.25) is 0 Å². The number of hydrogen-bond acceptors (Lipinski definition) is 2. The summed E-state index contributed by atoms with van der Waals surface area (Å²) in [6, 6.07) is 0.347.